The number of aromatic nitrogens is 3. The summed E-state index contributed by atoms with van der Waals surface area (Å²) in [4.78, 5) is 18.8. The largest absolute Gasteiger partial charge is 0.471 e. The molecule has 1 aromatic rings. The van der Waals surface area contributed by atoms with E-state index in [9.17, 15) is 9.36 Å². The molecule has 0 aliphatic carbocycles. The normalized spacial score (nSPS) is 14.3. The Morgan fingerprint density at radius 1 is 1.11 bits per heavy atom. The van der Waals surface area contributed by atoms with E-state index in [1.807, 2.05) is 19.3 Å². The maximum absolute atomic E-state index is 11.1. The minimum absolute atomic E-state index is 0.158. The van der Waals surface area contributed by atoms with E-state index in [4.69, 9.17) is 18.9 Å². The second-order valence-electron chi connectivity index (χ2n) is 7.06. The van der Waals surface area contributed by atoms with Crippen LogP contribution in [0.4, 0.5) is 0 Å². The molecule has 164 valence electrons. The second kappa shape index (κ2) is 13.5. The summed E-state index contributed by atoms with van der Waals surface area (Å²) in [6.07, 6.45) is 4.87. The van der Waals surface area contributed by atoms with Crippen LogP contribution in [0.5, 0.6) is 0 Å². The molecule has 0 radical (unpaired) electrons. The first-order valence-corrected chi connectivity index (χ1v) is 14.2. The highest BCUT2D eigenvalue weighted by Gasteiger charge is 2.17. The van der Waals surface area contributed by atoms with Crippen LogP contribution in [0.25, 0.3) is 0 Å². The quantitative estimate of drug-likeness (QED) is 0.213. The minimum Gasteiger partial charge on any atom is -0.432 e. The summed E-state index contributed by atoms with van der Waals surface area (Å²) in [5.74, 6) is 0. The van der Waals surface area contributed by atoms with E-state index < -0.39 is 16.1 Å². The van der Waals surface area contributed by atoms with Crippen LogP contribution >= 0.6 is 7.82 Å². The number of rotatable bonds is 17. The van der Waals surface area contributed by atoms with Crippen LogP contribution in [-0.4, -0.2) is 73.1 Å². The third kappa shape index (κ3) is 13.5. The fourth-order valence-corrected chi connectivity index (χ4v) is 3.76. The highest BCUT2D eigenvalue weighted by molar-refractivity contribution is 7.47. The first-order chi connectivity index (χ1) is 13.2. The topological polar surface area (TPSA) is 125 Å². The third-order valence-electron chi connectivity index (χ3n) is 3.81. The van der Waals surface area contributed by atoms with Crippen molar-refractivity contribution < 1.29 is 32.8 Å². The zero-order valence-corrected chi connectivity index (χ0v) is 19.0. The van der Waals surface area contributed by atoms with Crippen molar-refractivity contribution in [3.63, 3.8) is 0 Å². The number of ether oxygens (including phenoxy) is 2. The summed E-state index contributed by atoms with van der Waals surface area (Å²) in [5, 5.41) is 8.14. The lowest BCUT2D eigenvalue weighted by Gasteiger charge is -2.13. The molecule has 1 atom stereocenters. The predicted molar refractivity (Wildman–Crippen MR) is 107 cm³/mol. The van der Waals surface area contributed by atoms with Gasteiger partial charge in [0.1, 0.15) is 0 Å². The van der Waals surface area contributed by atoms with Crippen molar-refractivity contribution in [2.75, 3.05) is 40.1 Å². The van der Waals surface area contributed by atoms with E-state index in [1.54, 1.807) is 4.68 Å². The van der Waals surface area contributed by atoms with Gasteiger partial charge in [0.2, 0.25) is 0 Å². The lowest BCUT2D eigenvalue weighted by molar-refractivity contribution is 0.0439. The van der Waals surface area contributed by atoms with Crippen molar-refractivity contribution in [1.29, 1.82) is 0 Å². The molecule has 0 spiro atoms. The van der Waals surface area contributed by atoms with Crippen LogP contribution < -0.4 is 0 Å². The highest BCUT2D eigenvalue weighted by Crippen LogP contribution is 2.41. The summed E-state index contributed by atoms with van der Waals surface area (Å²) < 4.78 is 32.9. The molecular weight excluding hydrogens is 405 g/mol. The lowest BCUT2D eigenvalue weighted by Crippen LogP contribution is -2.24. The van der Waals surface area contributed by atoms with Gasteiger partial charge in [0.25, 0.3) is 0 Å². The van der Waals surface area contributed by atoms with Crippen molar-refractivity contribution in [2.45, 2.75) is 51.4 Å². The summed E-state index contributed by atoms with van der Waals surface area (Å²) in [5.41, 5.74) is 0.859. The number of unbranched alkanes of at least 4 members (excludes halogenated alkanes) is 1. The van der Waals surface area contributed by atoms with Gasteiger partial charge in [0, 0.05) is 19.9 Å². The Balaban J connectivity index is 2.00. The maximum atomic E-state index is 11.1. The molecule has 0 saturated carbocycles. The van der Waals surface area contributed by atoms with Gasteiger partial charge in [-0.15, -0.1) is 5.10 Å². The van der Waals surface area contributed by atoms with Gasteiger partial charge >= 0.3 is 7.82 Å². The molecule has 2 N–H and O–H groups in total. The lowest BCUT2D eigenvalue weighted by atomic mass is 10.2. The molecule has 1 heterocycles. The minimum atomic E-state index is -3.88. The third-order valence-corrected chi connectivity index (χ3v) is 6.36. The van der Waals surface area contributed by atoms with Gasteiger partial charge in [-0.3, -0.25) is 9.05 Å². The molecule has 0 amide bonds. The molecular formula is C16H34N3O7PSi. The molecule has 0 aromatic carbocycles. The Morgan fingerprint density at radius 2 is 1.82 bits per heavy atom. The van der Waals surface area contributed by atoms with Gasteiger partial charge in [-0.1, -0.05) is 5.21 Å². The van der Waals surface area contributed by atoms with E-state index in [2.05, 4.69) is 14.8 Å². The predicted octanol–water partition coefficient (Wildman–Crippen LogP) is 1.98. The summed E-state index contributed by atoms with van der Waals surface area (Å²) >= 11 is 0. The zero-order valence-electron chi connectivity index (χ0n) is 17.1. The standard InChI is InChI=1S/C16H34N3O7PSi/c1-23-27(20,21)26-10-5-4-7-16-15-19(18-17-16)8-11-25-13-12-24-9-6-14-28(2,3)22/h15,22H,4-14H2,1-3H3,(H,20,21). The van der Waals surface area contributed by atoms with Crippen LogP contribution in [0.15, 0.2) is 6.20 Å². The molecule has 0 bridgehead atoms. The molecule has 1 aromatic heterocycles. The zero-order chi connectivity index (χ0) is 20.9. The van der Waals surface area contributed by atoms with Gasteiger partial charge in [-0.05, 0) is 44.8 Å². The SMILES string of the molecule is COP(=O)(O)OCCCCc1cn(CCOCCOCCC[Si](C)(C)O)nn1. The monoisotopic (exact) mass is 439 g/mol. The van der Waals surface area contributed by atoms with Gasteiger partial charge in [0.15, 0.2) is 8.32 Å². The van der Waals surface area contributed by atoms with Crippen LogP contribution in [0.2, 0.25) is 19.1 Å². The first-order valence-electron chi connectivity index (χ1n) is 9.52. The fraction of sp³-hybridized carbons (Fsp3) is 0.875. The number of aryl methyl sites for hydroxylation is 1. The average molecular weight is 440 g/mol. The highest BCUT2D eigenvalue weighted by atomic mass is 31.2. The Hall–Kier alpha value is -0.653. The number of nitrogens with zero attached hydrogens (tertiary/aromatic N) is 3. The molecule has 1 rings (SSSR count). The Bertz CT molecular complexity index is 583. The van der Waals surface area contributed by atoms with Gasteiger partial charge in [-0.2, -0.15) is 0 Å². The van der Waals surface area contributed by atoms with Crippen molar-refractivity contribution in [1.82, 2.24) is 15.0 Å². The van der Waals surface area contributed by atoms with Crippen molar-refractivity contribution in [2.24, 2.45) is 0 Å². The molecule has 1 unspecified atom stereocenters. The maximum Gasteiger partial charge on any atom is 0.471 e. The van der Waals surface area contributed by atoms with E-state index in [0.29, 0.717) is 45.8 Å². The number of hydrogen-bond donors (Lipinski definition) is 2. The van der Waals surface area contributed by atoms with E-state index in [-0.39, 0.29) is 6.61 Å². The van der Waals surface area contributed by atoms with Crippen molar-refractivity contribution in [3.05, 3.63) is 11.9 Å². The van der Waals surface area contributed by atoms with Crippen molar-refractivity contribution >= 4 is 16.1 Å². The van der Waals surface area contributed by atoms with Gasteiger partial charge in [-0.25, -0.2) is 9.25 Å². The molecule has 12 heteroatoms. The first kappa shape index (κ1) is 25.4. The number of hydrogen-bond acceptors (Lipinski definition) is 8. The van der Waals surface area contributed by atoms with Gasteiger partial charge in [0.05, 0.1) is 38.7 Å². The Morgan fingerprint density at radius 3 is 2.50 bits per heavy atom. The summed E-state index contributed by atoms with van der Waals surface area (Å²) in [6.45, 7) is 6.88. The number of phosphoric ester groups is 1. The smallest absolute Gasteiger partial charge is 0.432 e. The molecule has 0 aliphatic rings. The van der Waals surface area contributed by atoms with Crippen LogP contribution in [0.1, 0.15) is 25.0 Å². The molecule has 0 aliphatic heterocycles. The van der Waals surface area contributed by atoms with Crippen LogP contribution in [0, 0.1) is 0 Å². The summed E-state index contributed by atoms with van der Waals surface area (Å²) in [6, 6.07) is 0.852. The molecule has 0 fully saturated rings. The number of phosphoric acid groups is 1. The van der Waals surface area contributed by atoms with Crippen LogP contribution in [-0.2, 0) is 36.1 Å². The van der Waals surface area contributed by atoms with Gasteiger partial charge < -0.3 is 19.2 Å². The van der Waals surface area contributed by atoms with Crippen molar-refractivity contribution in [3.8, 4) is 0 Å². The van der Waals surface area contributed by atoms with Crippen LogP contribution in [0.3, 0.4) is 0 Å². The Kier molecular flexibility index (Phi) is 12.3. The molecule has 0 saturated heterocycles. The fourth-order valence-electron chi connectivity index (χ4n) is 2.29. The second-order valence-corrected chi connectivity index (χ2v) is 12.7. The molecule has 28 heavy (non-hydrogen) atoms. The van der Waals surface area contributed by atoms with E-state index >= 15 is 0 Å². The van der Waals surface area contributed by atoms with E-state index in [0.717, 1.165) is 31.7 Å². The molecule has 10 nitrogen and oxygen atoms in total. The van der Waals surface area contributed by atoms with E-state index in [1.165, 1.54) is 0 Å². The summed E-state index contributed by atoms with van der Waals surface area (Å²) in [7, 11) is -4.70. The average Bonchev–Trinajstić information content (AvgIpc) is 3.06. The Labute approximate surface area is 167 Å².